The zero-order valence-electron chi connectivity index (χ0n) is 29.4. The first-order chi connectivity index (χ1) is 26.4. The summed E-state index contributed by atoms with van der Waals surface area (Å²) in [5.41, 5.74) is 2.86. The summed E-state index contributed by atoms with van der Waals surface area (Å²) < 4.78 is 11.0. The zero-order valence-corrected chi connectivity index (χ0v) is 30.9. The molecule has 2 saturated heterocycles. The molecule has 0 unspecified atom stereocenters. The second-order valence-electron chi connectivity index (χ2n) is 14.0. The lowest BCUT2D eigenvalue weighted by atomic mass is 9.49. The van der Waals surface area contributed by atoms with E-state index in [2.05, 4.69) is 5.43 Å². The third kappa shape index (κ3) is 5.37. The first-order valence-electron chi connectivity index (χ1n) is 17.4. The van der Waals surface area contributed by atoms with Crippen LogP contribution in [0.1, 0.15) is 40.2 Å². The van der Waals surface area contributed by atoms with Crippen LogP contribution >= 0.6 is 23.2 Å². The first kappa shape index (κ1) is 36.1. The van der Waals surface area contributed by atoms with E-state index in [-0.39, 0.29) is 51.9 Å². The molecular formula is C41H33Cl2N3O9. The minimum atomic E-state index is -1.70. The van der Waals surface area contributed by atoms with Crippen LogP contribution in [0.2, 0.25) is 10.0 Å². The summed E-state index contributed by atoms with van der Waals surface area (Å²) in [5, 5.41) is 22.9. The van der Waals surface area contributed by atoms with Gasteiger partial charge in [-0.1, -0.05) is 65.2 Å². The Morgan fingerprint density at radius 2 is 1.62 bits per heavy atom. The number of methoxy groups -OCH3 is 2. The van der Waals surface area contributed by atoms with E-state index in [4.69, 9.17) is 32.7 Å². The molecule has 55 heavy (non-hydrogen) atoms. The van der Waals surface area contributed by atoms with Crippen molar-refractivity contribution in [3.63, 3.8) is 0 Å². The lowest BCUT2D eigenvalue weighted by molar-refractivity contribution is -0.138. The molecule has 8 rings (SSSR count). The van der Waals surface area contributed by atoms with Crippen LogP contribution < -0.4 is 19.8 Å². The number of rotatable bonds is 8. The van der Waals surface area contributed by atoms with E-state index < -0.39 is 64.6 Å². The van der Waals surface area contributed by atoms with Gasteiger partial charge in [0, 0.05) is 16.5 Å². The highest BCUT2D eigenvalue weighted by atomic mass is 35.5. The Kier molecular flexibility index (Phi) is 8.85. The van der Waals surface area contributed by atoms with E-state index in [9.17, 15) is 29.4 Å². The molecule has 4 aromatic rings. The number of para-hydroxylation sites is 1. The molecule has 0 bridgehead atoms. The van der Waals surface area contributed by atoms with Crippen molar-refractivity contribution in [1.82, 2.24) is 5.01 Å². The third-order valence-electron chi connectivity index (χ3n) is 11.5. The molecule has 14 heteroatoms. The smallest absolute Gasteiger partial charge is 0.335 e. The van der Waals surface area contributed by atoms with Crippen molar-refractivity contribution in [3.05, 3.63) is 123 Å². The van der Waals surface area contributed by atoms with E-state index in [1.165, 1.54) is 44.6 Å². The Bertz CT molecular complexity index is 2350. The lowest BCUT2D eigenvalue weighted by Crippen LogP contribution is -2.53. The normalized spacial score (nSPS) is 25.6. The molecule has 2 aliphatic carbocycles. The topological polar surface area (TPSA) is 163 Å². The van der Waals surface area contributed by atoms with Crippen LogP contribution in [0.15, 0.2) is 96.6 Å². The number of hydrogen-bond donors (Lipinski definition) is 3. The number of imide groups is 2. The number of carbonyl (C=O) groups is 5. The molecular weight excluding hydrogens is 749 g/mol. The standard InChI is InChI=1S/C41H33Cl2N3O9/c1-54-24-12-9-21(10-13-24)41-29(37(49)46(40(41)53)44-31-16-11-22(42)18-30(31)43)19-28-25(34(41)27-7-4-8-32(55-2)35(27)47)14-15-26-33(28)38(50)45(36(26)48)23-6-3-5-20(17-23)39(51)52/h3-14,16-18,26,28-29,33-34,44,47H,15,19H2,1-2H3,(H,51,52)/t26-,28+,29-,33-,34+,41+/m0/s1. The number of carboxylic acid groups (broad SMARTS) is 1. The van der Waals surface area contributed by atoms with Crippen molar-refractivity contribution in [3.8, 4) is 17.2 Å². The highest BCUT2D eigenvalue weighted by Crippen LogP contribution is 2.65. The number of aromatic hydroxyl groups is 1. The molecule has 3 fully saturated rings. The van der Waals surface area contributed by atoms with E-state index in [1.54, 1.807) is 54.6 Å². The van der Waals surface area contributed by atoms with Gasteiger partial charge in [-0.2, -0.15) is 5.01 Å². The zero-order chi connectivity index (χ0) is 38.9. The van der Waals surface area contributed by atoms with Gasteiger partial charge >= 0.3 is 5.97 Å². The molecule has 1 saturated carbocycles. The van der Waals surface area contributed by atoms with Crippen LogP contribution in [0.25, 0.3) is 0 Å². The molecule has 0 spiro atoms. The molecule has 280 valence electrons. The average Bonchev–Trinajstić information content (AvgIpc) is 3.56. The highest BCUT2D eigenvalue weighted by Gasteiger charge is 2.70. The van der Waals surface area contributed by atoms with Gasteiger partial charge in [0.2, 0.25) is 11.8 Å². The largest absolute Gasteiger partial charge is 0.504 e. The van der Waals surface area contributed by atoms with Gasteiger partial charge in [-0.3, -0.25) is 29.5 Å². The molecule has 12 nitrogen and oxygen atoms in total. The van der Waals surface area contributed by atoms with E-state index >= 15 is 4.79 Å². The Morgan fingerprint density at radius 3 is 2.31 bits per heavy atom. The fourth-order valence-electron chi connectivity index (χ4n) is 9.16. The van der Waals surface area contributed by atoms with Gasteiger partial charge in [0.1, 0.15) is 5.75 Å². The van der Waals surface area contributed by atoms with Gasteiger partial charge in [-0.15, -0.1) is 0 Å². The van der Waals surface area contributed by atoms with E-state index in [1.807, 2.05) is 6.08 Å². The van der Waals surface area contributed by atoms with Crippen LogP contribution in [-0.4, -0.2) is 59.0 Å². The molecule has 0 aromatic heterocycles. The minimum absolute atomic E-state index is 0.0145. The number of halogens is 2. The van der Waals surface area contributed by atoms with Crippen molar-refractivity contribution in [2.24, 2.45) is 23.7 Å². The second kappa shape index (κ2) is 13.5. The van der Waals surface area contributed by atoms with Crippen molar-refractivity contribution < 1.29 is 43.7 Å². The summed E-state index contributed by atoms with van der Waals surface area (Å²) in [4.78, 5) is 71.9. The highest BCUT2D eigenvalue weighted by molar-refractivity contribution is 6.36. The Balaban J connectivity index is 1.34. The maximum absolute atomic E-state index is 15.4. The number of phenolic OH excluding ortho intramolecular Hbond substituents is 1. The SMILES string of the molecule is COc1ccc([C@@]23C(=O)N(Nc4ccc(Cl)cc4Cl)C(=O)[C@@H]2C[C@@H]2C(=CC[C@@H]4C(=O)N(c5cccc(C(=O)O)c5)C(=O)[C@@H]42)[C@@H]3c2cccc(OC)c2O)cc1. The summed E-state index contributed by atoms with van der Waals surface area (Å²) in [6, 6.07) is 21.9. The molecule has 4 aliphatic rings. The van der Waals surface area contributed by atoms with Gasteiger partial charge in [-0.05, 0) is 78.9 Å². The second-order valence-corrected chi connectivity index (χ2v) is 14.8. The van der Waals surface area contributed by atoms with Crippen molar-refractivity contribution in [2.45, 2.75) is 24.2 Å². The predicted octanol–water partition coefficient (Wildman–Crippen LogP) is 6.60. The summed E-state index contributed by atoms with van der Waals surface area (Å²) in [6.45, 7) is 0. The quantitative estimate of drug-likeness (QED) is 0.131. The van der Waals surface area contributed by atoms with Crippen molar-refractivity contribution >= 4 is 64.2 Å². The molecule has 4 amide bonds. The van der Waals surface area contributed by atoms with Crippen LogP contribution in [0.3, 0.4) is 0 Å². The number of hydrogen-bond acceptors (Lipinski definition) is 9. The predicted molar refractivity (Wildman–Crippen MR) is 201 cm³/mol. The number of phenols is 1. The number of carboxylic acids is 1. The van der Waals surface area contributed by atoms with Crippen LogP contribution in [0, 0.1) is 23.7 Å². The monoisotopic (exact) mass is 781 g/mol. The maximum Gasteiger partial charge on any atom is 0.335 e. The number of nitrogens with one attached hydrogen (secondary N) is 1. The number of benzene rings is 4. The van der Waals surface area contributed by atoms with Gasteiger partial charge in [0.15, 0.2) is 11.5 Å². The summed E-state index contributed by atoms with van der Waals surface area (Å²) >= 11 is 12.7. The Hall–Kier alpha value is -5.85. The fourth-order valence-corrected chi connectivity index (χ4v) is 9.61. The van der Waals surface area contributed by atoms with E-state index in [0.29, 0.717) is 21.9 Å². The first-order valence-corrected chi connectivity index (χ1v) is 18.2. The number of nitrogens with zero attached hydrogens (tertiary/aromatic N) is 2. The average molecular weight is 783 g/mol. The van der Waals surface area contributed by atoms with Gasteiger partial charge in [0.25, 0.3) is 11.8 Å². The van der Waals surface area contributed by atoms with Crippen molar-refractivity contribution in [1.29, 1.82) is 0 Å². The van der Waals surface area contributed by atoms with Gasteiger partial charge in [0.05, 0.1) is 59.3 Å². The number of hydrazine groups is 1. The number of anilines is 2. The number of amides is 4. The van der Waals surface area contributed by atoms with Crippen molar-refractivity contribution in [2.75, 3.05) is 24.5 Å². The molecule has 3 N–H and O–H groups in total. The van der Waals surface area contributed by atoms with Gasteiger partial charge in [-0.25, -0.2) is 4.79 Å². The molecule has 2 heterocycles. The van der Waals surface area contributed by atoms with E-state index in [0.717, 1.165) is 9.91 Å². The Labute approximate surface area is 324 Å². The molecule has 0 radical (unpaired) electrons. The summed E-state index contributed by atoms with van der Waals surface area (Å²) in [7, 11) is 2.91. The molecule has 2 aliphatic heterocycles. The molecule has 6 atom stereocenters. The lowest BCUT2D eigenvalue weighted by Gasteiger charge is -2.50. The van der Waals surface area contributed by atoms with Gasteiger partial charge < -0.3 is 19.7 Å². The van der Waals surface area contributed by atoms with Crippen LogP contribution in [-0.2, 0) is 24.6 Å². The summed E-state index contributed by atoms with van der Waals surface area (Å²) in [6.07, 6.45) is 1.95. The molecule has 4 aromatic carbocycles. The third-order valence-corrected chi connectivity index (χ3v) is 12.0. The maximum atomic E-state index is 15.4. The summed E-state index contributed by atoms with van der Waals surface area (Å²) in [5.74, 6) is -7.80. The number of ether oxygens (including phenoxy) is 2. The Morgan fingerprint density at radius 1 is 0.873 bits per heavy atom. The van der Waals surface area contributed by atoms with Crippen LogP contribution in [0.5, 0.6) is 17.2 Å². The number of allylic oxidation sites excluding steroid dienone is 2. The van der Waals surface area contributed by atoms with Crippen LogP contribution in [0.4, 0.5) is 11.4 Å². The number of carbonyl (C=O) groups excluding carboxylic acids is 4. The minimum Gasteiger partial charge on any atom is -0.504 e. The number of fused-ring (bicyclic) bond motifs is 4. The fraction of sp³-hybridized carbons (Fsp3) is 0.244. The number of aromatic carboxylic acids is 1.